The van der Waals surface area contributed by atoms with E-state index in [9.17, 15) is 18.0 Å². The van der Waals surface area contributed by atoms with Gasteiger partial charge in [0, 0.05) is 19.5 Å². The van der Waals surface area contributed by atoms with Crippen LogP contribution in [0.25, 0.3) is 0 Å². The van der Waals surface area contributed by atoms with Gasteiger partial charge in [-0.3, -0.25) is 4.79 Å². The van der Waals surface area contributed by atoms with Crippen LogP contribution in [0.4, 0.5) is 13.2 Å². The van der Waals surface area contributed by atoms with Crippen molar-refractivity contribution >= 4 is 5.91 Å². The minimum Gasteiger partial charge on any atom is -0.336 e. The van der Waals surface area contributed by atoms with Crippen LogP contribution in [-0.2, 0) is 11.0 Å². The maximum absolute atomic E-state index is 12.7. The third-order valence-corrected chi connectivity index (χ3v) is 3.18. The van der Waals surface area contributed by atoms with Gasteiger partial charge in [0.1, 0.15) is 0 Å². The Balaban J connectivity index is 3.01. The number of benzene rings is 1. The lowest BCUT2D eigenvalue weighted by molar-refractivity contribution is -0.137. The number of hydrogen-bond donors (Lipinski definition) is 1. The Morgan fingerprint density at radius 2 is 2.05 bits per heavy atom. The molecule has 112 valence electrons. The molecule has 1 rings (SSSR count). The zero-order chi connectivity index (χ0) is 15.3. The zero-order valence-corrected chi connectivity index (χ0v) is 11.6. The van der Waals surface area contributed by atoms with Crippen molar-refractivity contribution in [2.45, 2.75) is 32.5 Å². The van der Waals surface area contributed by atoms with Gasteiger partial charge >= 0.3 is 6.18 Å². The standard InChI is InChI=1S/C14H19F3N2O/c1-3-19(13(20)7-8-18)10(2)11-5-4-6-12(9-11)14(15,16)17/h4-6,9-10H,3,7-8,18H2,1-2H3. The van der Waals surface area contributed by atoms with Crippen molar-refractivity contribution in [3.05, 3.63) is 35.4 Å². The Morgan fingerprint density at radius 3 is 2.55 bits per heavy atom. The number of carbonyl (C=O) groups is 1. The summed E-state index contributed by atoms with van der Waals surface area (Å²) in [6.07, 6.45) is -4.19. The molecule has 1 aromatic rings. The molecule has 0 saturated carbocycles. The fraction of sp³-hybridized carbons (Fsp3) is 0.500. The first-order valence-corrected chi connectivity index (χ1v) is 6.48. The summed E-state index contributed by atoms with van der Waals surface area (Å²) < 4.78 is 38.1. The molecule has 6 heteroatoms. The first-order valence-electron chi connectivity index (χ1n) is 6.48. The van der Waals surface area contributed by atoms with Crippen LogP contribution in [0.2, 0.25) is 0 Å². The third-order valence-electron chi connectivity index (χ3n) is 3.18. The Labute approximate surface area is 116 Å². The van der Waals surface area contributed by atoms with Gasteiger partial charge in [-0.25, -0.2) is 0 Å². The molecule has 0 spiro atoms. The molecule has 1 amide bonds. The van der Waals surface area contributed by atoms with Gasteiger partial charge in [0.15, 0.2) is 0 Å². The molecule has 1 atom stereocenters. The molecular formula is C14H19F3N2O. The number of amides is 1. The van der Waals surface area contributed by atoms with Crippen LogP contribution in [0.15, 0.2) is 24.3 Å². The van der Waals surface area contributed by atoms with Crippen LogP contribution >= 0.6 is 0 Å². The molecular weight excluding hydrogens is 269 g/mol. The van der Waals surface area contributed by atoms with E-state index in [0.29, 0.717) is 12.1 Å². The molecule has 0 aliphatic carbocycles. The molecule has 0 aliphatic heterocycles. The highest BCUT2D eigenvalue weighted by molar-refractivity contribution is 5.76. The van der Waals surface area contributed by atoms with Crippen molar-refractivity contribution in [2.75, 3.05) is 13.1 Å². The molecule has 2 N–H and O–H groups in total. The van der Waals surface area contributed by atoms with Crippen molar-refractivity contribution in [1.29, 1.82) is 0 Å². The molecule has 0 radical (unpaired) electrons. The van der Waals surface area contributed by atoms with Crippen LogP contribution in [0.1, 0.15) is 37.4 Å². The Morgan fingerprint density at radius 1 is 1.40 bits per heavy atom. The summed E-state index contributed by atoms with van der Waals surface area (Å²) in [6.45, 7) is 4.16. The minimum atomic E-state index is -4.38. The van der Waals surface area contributed by atoms with Gasteiger partial charge in [-0.05, 0) is 31.5 Å². The summed E-state index contributed by atoms with van der Waals surface area (Å²) in [4.78, 5) is 13.4. The maximum Gasteiger partial charge on any atom is 0.416 e. The number of hydrogen-bond acceptors (Lipinski definition) is 2. The lowest BCUT2D eigenvalue weighted by Crippen LogP contribution is -2.34. The zero-order valence-electron chi connectivity index (χ0n) is 11.6. The predicted octanol–water partition coefficient (Wildman–Crippen LogP) is 2.96. The Hall–Kier alpha value is -1.56. The van der Waals surface area contributed by atoms with Crippen LogP contribution in [0.5, 0.6) is 0 Å². The van der Waals surface area contributed by atoms with Gasteiger partial charge < -0.3 is 10.6 Å². The van der Waals surface area contributed by atoms with Gasteiger partial charge in [-0.1, -0.05) is 12.1 Å². The fourth-order valence-corrected chi connectivity index (χ4v) is 2.09. The van der Waals surface area contributed by atoms with Gasteiger partial charge in [0.2, 0.25) is 5.91 Å². The largest absolute Gasteiger partial charge is 0.416 e. The molecule has 3 nitrogen and oxygen atoms in total. The topological polar surface area (TPSA) is 46.3 Å². The first-order chi connectivity index (χ1) is 9.31. The highest BCUT2D eigenvalue weighted by Gasteiger charge is 2.31. The number of nitrogens with zero attached hydrogens (tertiary/aromatic N) is 1. The summed E-state index contributed by atoms with van der Waals surface area (Å²) in [5.74, 6) is -0.153. The van der Waals surface area contributed by atoms with Crippen molar-refractivity contribution in [2.24, 2.45) is 5.73 Å². The van der Waals surface area contributed by atoms with E-state index >= 15 is 0 Å². The number of alkyl halides is 3. The molecule has 20 heavy (non-hydrogen) atoms. The van der Waals surface area contributed by atoms with Gasteiger partial charge in [0.05, 0.1) is 11.6 Å². The van der Waals surface area contributed by atoms with Crippen LogP contribution in [0, 0.1) is 0 Å². The fourth-order valence-electron chi connectivity index (χ4n) is 2.09. The van der Waals surface area contributed by atoms with Gasteiger partial charge in [0.25, 0.3) is 0 Å². The second-order valence-electron chi connectivity index (χ2n) is 4.52. The SMILES string of the molecule is CCN(C(=O)CCN)C(C)c1cccc(C(F)(F)F)c1. The summed E-state index contributed by atoms with van der Waals surface area (Å²) in [6, 6.07) is 4.65. The lowest BCUT2D eigenvalue weighted by atomic mass is 10.0. The van der Waals surface area contributed by atoms with E-state index < -0.39 is 17.8 Å². The Bertz CT molecular complexity index is 460. The second kappa shape index (κ2) is 6.74. The molecule has 1 aromatic carbocycles. The first kappa shape index (κ1) is 16.5. The highest BCUT2D eigenvalue weighted by Crippen LogP contribution is 2.31. The number of halogens is 3. The summed E-state index contributed by atoms with van der Waals surface area (Å²) >= 11 is 0. The van der Waals surface area contributed by atoms with Crippen molar-refractivity contribution in [1.82, 2.24) is 4.90 Å². The van der Waals surface area contributed by atoms with Gasteiger partial charge in [-0.2, -0.15) is 13.2 Å². The van der Waals surface area contributed by atoms with Crippen molar-refractivity contribution in [3.63, 3.8) is 0 Å². The van der Waals surface area contributed by atoms with Crippen molar-refractivity contribution < 1.29 is 18.0 Å². The van der Waals surface area contributed by atoms with Crippen LogP contribution < -0.4 is 5.73 Å². The second-order valence-corrected chi connectivity index (χ2v) is 4.52. The van der Waals surface area contributed by atoms with E-state index in [0.717, 1.165) is 12.1 Å². The predicted molar refractivity (Wildman–Crippen MR) is 70.9 cm³/mol. The smallest absolute Gasteiger partial charge is 0.336 e. The maximum atomic E-state index is 12.7. The molecule has 0 fully saturated rings. The molecule has 0 saturated heterocycles. The Kier molecular flexibility index (Phi) is 5.56. The summed E-state index contributed by atoms with van der Waals surface area (Å²) in [5.41, 5.74) is 5.11. The van der Waals surface area contributed by atoms with Gasteiger partial charge in [-0.15, -0.1) is 0 Å². The van der Waals surface area contributed by atoms with E-state index in [1.165, 1.54) is 11.0 Å². The quantitative estimate of drug-likeness (QED) is 0.905. The molecule has 0 aliphatic rings. The third kappa shape index (κ3) is 3.96. The summed E-state index contributed by atoms with van der Waals surface area (Å²) in [5, 5.41) is 0. The number of nitrogens with two attached hydrogens (primary N) is 1. The van der Waals surface area contributed by atoms with Crippen LogP contribution in [0.3, 0.4) is 0 Å². The molecule has 0 aromatic heterocycles. The molecule has 0 heterocycles. The highest BCUT2D eigenvalue weighted by atomic mass is 19.4. The molecule has 0 bridgehead atoms. The number of carbonyl (C=O) groups excluding carboxylic acids is 1. The van der Waals surface area contributed by atoms with E-state index in [1.807, 2.05) is 0 Å². The average Bonchev–Trinajstić information content (AvgIpc) is 2.39. The van der Waals surface area contributed by atoms with Crippen LogP contribution in [-0.4, -0.2) is 23.9 Å². The summed E-state index contributed by atoms with van der Waals surface area (Å²) in [7, 11) is 0. The van der Waals surface area contributed by atoms with E-state index in [1.54, 1.807) is 19.9 Å². The molecule has 1 unspecified atom stereocenters. The van der Waals surface area contributed by atoms with Crippen molar-refractivity contribution in [3.8, 4) is 0 Å². The lowest BCUT2D eigenvalue weighted by Gasteiger charge is -2.29. The average molecular weight is 288 g/mol. The van der Waals surface area contributed by atoms with E-state index in [-0.39, 0.29) is 18.9 Å². The number of rotatable bonds is 5. The monoisotopic (exact) mass is 288 g/mol. The normalized spacial score (nSPS) is 13.1. The van der Waals surface area contributed by atoms with E-state index in [4.69, 9.17) is 5.73 Å². The minimum absolute atomic E-state index is 0.153. The van der Waals surface area contributed by atoms with E-state index in [2.05, 4.69) is 0 Å².